The number of amides is 7. The quantitative estimate of drug-likeness (QED) is 0.147. The Bertz CT molecular complexity index is 2370. The highest BCUT2D eigenvalue weighted by atomic mass is 19.4. The van der Waals surface area contributed by atoms with E-state index in [4.69, 9.17) is 4.74 Å². The molecule has 19 heteroatoms. The maximum Gasteiger partial charge on any atom is 0.416 e. The van der Waals surface area contributed by atoms with Gasteiger partial charge in [0.25, 0.3) is 17.7 Å². The van der Waals surface area contributed by atoms with Crippen molar-refractivity contribution in [2.75, 3.05) is 17.7 Å². The second-order valence-electron chi connectivity index (χ2n) is 14.7. The summed E-state index contributed by atoms with van der Waals surface area (Å²) in [5.74, 6) is -4.16. The van der Waals surface area contributed by atoms with Crippen LogP contribution >= 0.6 is 0 Å². The van der Waals surface area contributed by atoms with Gasteiger partial charge < -0.3 is 20.7 Å². The number of alkyl halides is 3. The van der Waals surface area contributed by atoms with Gasteiger partial charge in [0.15, 0.2) is 0 Å². The maximum absolute atomic E-state index is 13.5. The number of anilines is 2. The van der Waals surface area contributed by atoms with E-state index in [0.717, 1.165) is 29.9 Å². The van der Waals surface area contributed by atoms with Crippen LogP contribution in [0.25, 0.3) is 5.69 Å². The second kappa shape index (κ2) is 16.1. The fourth-order valence-electron chi connectivity index (χ4n) is 7.71. The molecule has 59 heavy (non-hydrogen) atoms. The van der Waals surface area contributed by atoms with E-state index in [1.165, 1.54) is 48.2 Å². The molecular weight excluding hydrogens is 777 g/mol. The number of nitrogens with one attached hydrogen (secondary N) is 4. The van der Waals surface area contributed by atoms with Crippen LogP contribution in [0.15, 0.2) is 66.9 Å². The molecule has 1 aromatic heterocycles. The average Bonchev–Trinajstić information content (AvgIpc) is 3.92. The molecule has 1 saturated carbocycles. The normalized spacial score (nSPS) is 17.4. The summed E-state index contributed by atoms with van der Waals surface area (Å²) in [6.07, 6.45) is -0.243. The van der Waals surface area contributed by atoms with Crippen molar-refractivity contribution in [3.63, 3.8) is 0 Å². The monoisotopic (exact) mass is 814 g/mol. The predicted octanol–water partition coefficient (Wildman–Crippen LogP) is 4.54. The van der Waals surface area contributed by atoms with Crippen LogP contribution < -0.4 is 26.0 Å². The lowest BCUT2D eigenvalue weighted by Gasteiger charge is -2.28. The standard InChI is InChI=1S/C40H37F3N8O8/c1-59-27-16-23(40(41,42)43)15-24(17-27)45-35(55)22-7-9-26(10-8-22)50-21-25(48-49-50)20-44-32(53)18-39(13-2-3-14-39)19-33(54)46-29-6-4-5-28-34(29)38(58)51(37(28)57)30-11-12-31(52)47-36(30)56/h4-10,15-17,21,30H,2-3,11-14,18-20H2,1H3,(H,44,53)(H,45,55)(H,46,54)(H,47,52,56). The van der Waals surface area contributed by atoms with Crippen molar-refractivity contribution >= 4 is 52.7 Å². The van der Waals surface area contributed by atoms with Crippen molar-refractivity contribution in [3.8, 4) is 11.4 Å². The first-order valence-electron chi connectivity index (χ1n) is 18.6. The third-order valence-corrected chi connectivity index (χ3v) is 10.6. The highest BCUT2D eigenvalue weighted by Crippen LogP contribution is 2.44. The molecule has 1 unspecified atom stereocenters. The largest absolute Gasteiger partial charge is 0.497 e. The van der Waals surface area contributed by atoms with Crippen LogP contribution in [0.2, 0.25) is 0 Å². The molecule has 1 atom stereocenters. The number of rotatable bonds is 12. The van der Waals surface area contributed by atoms with Crippen molar-refractivity contribution in [2.24, 2.45) is 5.41 Å². The van der Waals surface area contributed by atoms with Gasteiger partial charge in [-0.1, -0.05) is 24.1 Å². The lowest BCUT2D eigenvalue weighted by Crippen LogP contribution is -2.54. The topological polar surface area (TPSA) is 211 Å². The number of hydrogen-bond donors (Lipinski definition) is 4. The molecule has 3 aliphatic rings. The van der Waals surface area contributed by atoms with Crippen LogP contribution in [0.4, 0.5) is 24.5 Å². The summed E-state index contributed by atoms with van der Waals surface area (Å²) in [4.78, 5) is 91.3. The molecule has 0 bridgehead atoms. The molecule has 3 aromatic carbocycles. The number of carbonyl (C=O) groups excluding carboxylic acids is 7. The Labute approximate surface area is 333 Å². The number of nitrogens with zero attached hydrogens (tertiary/aromatic N) is 4. The van der Waals surface area contributed by atoms with E-state index in [-0.39, 0.29) is 71.9 Å². The highest BCUT2D eigenvalue weighted by molar-refractivity contribution is 6.26. The predicted molar refractivity (Wildman–Crippen MR) is 201 cm³/mol. The average molecular weight is 815 g/mol. The van der Waals surface area contributed by atoms with Crippen molar-refractivity contribution < 1.29 is 51.5 Å². The van der Waals surface area contributed by atoms with Crippen molar-refractivity contribution in [2.45, 2.75) is 70.1 Å². The van der Waals surface area contributed by atoms with Gasteiger partial charge in [0.2, 0.25) is 23.6 Å². The van der Waals surface area contributed by atoms with Crippen LogP contribution in [0.5, 0.6) is 5.75 Å². The lowest BCUT2D eigenvalue weighted by molar-refractivity contribution is -0.138. The number of methoxy groups -OCH3 is 1. The number of aromatic nitrogens is 3. The van der Waals surface area contributed by atoms with Gasteiger partial charge in [-0.25, -0.2) is 4.68 Å². The molecule has 306 valence electrons. The Morgan fingerprint density at radius 1 is 0.932 bits per heavy atom. The molecule has 0 radical (unpaired) electrons. The number of halogens is 3. The second-order valence-corrected chi connectivity index (χ2v) is 14.7. The fraction of sp³-hybridized carbons (Fsp3) is 0.325. The zero-order valence-corrected chi connectivity index (χ0v) is 31.5. The van der Waals surface area contributed by atoms with E-state index in [0.29, 0.717) is 24.2 Å². The van der Waals surface area contributed by atoms with Crippen LogP contribution in [0.3, 0.4) is 0 Å². The number of fused-ring (bicyclic) bond motifs is 1. The molecule has 3 heterocycles. The first-order chi connectivity index (χ1) is 28.1. The Balaban J connectivity index is 0.936. The van der Waals surface area contributed by atoms with E-state index >= 15 is 0 Å². The van der Waals surface area contributed by atoms with E-state index < -0.39 is 58.6 Å². The van der Waals surface area contributed by atoms with Crippen LogP contribution in [0, 0.1) is 5.41 Å². The Hall–Kier alpha value is -6.92. The Morgan fingerprint density at radius 2 is 1.66 bits per heavy atom. The van der Waals surface area contributed by atoms with Gasteiger partial charge in [-0.05, 0) is 73.2 Å². The van der Waals surface area contributed by atoms with Gasteiger partial charge in [-0.15, -0.1) is 5.10 Å². The zero-order chi connectivity index (χ0) is 42.1. The number of ether oxygens (including phenoxy) is 1. The highest BCUT2D eigenvalue weighted by Gasteiger charge is 2.46. The summed E-state index contributed by atoms with van der Waals surface area (Å²) in [6, 6.07) is 12.3. The van der Waals surface area contributed by atoms with E-state index in [1.54, 1.807) is 18.3 Å². The van der Waals surface area contributed by atoms with Gasteiger partial charge >= 0.3 is 6.18 Å². The van der Waals surface area contributed by atoms with Crippen LogP contribution in [-0.2, 0) is 31.9 Å². The number of benzene rings is 3. The molecule has 7 rings (SSSR count). The molecule has 1 aliphatic carbocycles. The van der Waals surface area contributed by atoms with Crippen molar-refractivity contribution in [1.82, 2.24) is 30.5 Å². The summed E-state index contributed by atoms with van der Waals surface area (Å²) in [5, 5.41) is 18.4. The van der Waals surface area contributed by atoms with E-state index in [2.05, 4.69) is 31.6 Å². The summed E-state index contributed by atoms with van der Waals surface area (Å²) in [6.45, 7) is 0.0258. The Kier molecular flexibility index (Phi) is 11.0. The van der Waals surface area contributed by atoms with Crippen molar-refractivity contribution in [1.29, 1.82) is 0 Å². The third-order valence-electron chi connectivity index (χ3n) is 10.6. The van der Waals surface area contributed by atoms with Gasteiger partial charge in [-0.3, -0.25) is 43.8 Å². The smallest absolute Gasteiger partial charge is 0.416 e. The third kappa shape index (κ3) is 8.68. The van der Waals surface area contributed by atoms with Gasteiger partial charge in [0.05, 0.1) is 47.9 Å². The molecule has 1 saturated heterocycles. The first-order valence-corrected chi connectivity index (χ1v) is 18.6. The number of hydrogen-bond acceptors (Lipinski definition) is 10. The first kappa shape index (κ1) is 40.3. The summed E-state index contributed by atoms with van der Waals surface area (Å²) in [7, 11) is 1.22. The summed E-state index contributed by atoms with van der Waals surface area (Å²) < 4.78 is 46.3. The molecule has 7 amide bonds. The molecule has 4 aromatic rings. The van der Waals surface area contributed by atoms with Crippen LogP contribution in [-0.4, -0.2) is 74.4 Å². The summed E-state index contributed by atoms with van der Waals surface area (Å²) >= 11 is 0. The molecule has 16 nitrogen and oxygen atoms in total. The number of piperidine rings is 1. The SMILES string of the molecule is COc1cc(NC(=O)c2ccc(-n3cc(CNC(=O)CC4(CC(=O)Nc5cccc6c5C(=O)N(C5CCC(=O)NC5=O)C6=O)CCCC4)nn3)cc2)cc(C(F)(F)F)c1. The molecular formula is C40H37F3N8O8. The minimum atomic E-state index is -4.64. The molecule has 4 N–H and O–H groups in total. The molecule has 2 fully saturated rings. The summed E-state index contributed by atoms with van der Waals surface area (Å²) in [5.41, 5.74) is -0.538. The van der Waals surface area contributed by atoms with Crippen molar-refractivity contribution in [3.05, 3.63) is 94.8 Å². The molecule has 2 aliphatic heterocycles. The van der Waals surface area contributed by atoms with Gasteiger partial charge in [0.1, 0.15) is 17.5 Å². The minimum absolute atomic E-state index is 0.00730. The van der Waals surface area contributed by atoms with E-state index in [1.807, 2.05) is 0 Å². The number of carbonyl (C=O) groups is 7. The zero-order valence-electron chi connectivity index (χ0n) is 31.5. The fourth-order valence-corrected chi connectivity index (χ4v) is 7.71. The lowest BCUT2D eigenvalue weighted by atomic mass is 9.79. The maximum atomic E-state index is 13.5. The van der Waals surface area contributed by atoms with E-state index in [9.17, 15) is 46.7 Å². The Morgan fingerprint density at radius 3 is 2.36 bits per heavy atom. The number of imide groups is 2. The van der Waals surface area contributed by atoms with Gasteiger partial charge in [-0.2, -0.15) is 13.2 Å². The molecule has 0 spiro atoms. The van der Waals surface area contributed by atoms with Gasteiger partial charge in [0, 0.05) is 36.6 Å². The van der Waals surface area contributed by atoms with Crippen LogP contribution in [0.1, 0.15) is 93.7 Å². The minimum Gasteiger partial charge on any atom is -0.497 e.